The molecule has 0 unspecified atom stereocenters. The Morgan fingerprint density at radius 3 is 2.50 bits per heavy atom. The van der Waals surface area contributed by atoms with Gasteiger partial charge in [0, 0.05) is 31.6 Å². The third kappa shape index (κ3) is 5.17. The molecule has 0 saturated carbocycles. The summed E-state index contributed by atoms with van der Waals surface area (Å²) in [6, 6.07) is 0. The van der Waals surface area contributed by atoms with Crippen LogP contribution < -0.4 is 0 Å². The number of aromatic nitrogens is 2. The maximum Gasteiger partial charge on any atom is 0.246 e. The zero-order valence-electron chi connectivity index (χ0n) is 11.4. The first-order valence-corrected chi connectivity index (χ1v) is 6.74. The van der Waals surface area contributed by atoms with Gasteiger partial charge in [-0.15, -0.1) is 0 Å². The van der Waals surface area contributed by atoms with Crippen molar-refractivity contribution in [1.29, 1.82) is 0 Å². The van der Waals surface area contributed by atoms with Crippen molar-refractivity contribution in [2.24, 2.45) is 0 Å². The number of rotatable bonds is 8. The van der Waals surface area contributed by atoms with E-state index in [0.717, 1.165) is 38.8 Å². The number of imidazole rings is 1. The van der Waals surface area contributed by atoms with Gasteiger partial charge in [-0.05, 0) is 18.9 Å². The Morgan fingerprint density at radius 2 is 2.00 bits per heavy atom. The van der Waals surface area contributed by atoms with Crippen LogP contribution in [0, 0.1) is 0 Å². The van der Waals surface area contributed by atoms with E-state index in [1.54, 1.807) is 24.5 Å². The normalized spacial score (nSPS) is 11.0. The third-order valence-corrected chi connectivity index (χ3v) is 2.78. The molecule has 1 aromatic heterocycles. The fourth-order valence-corrected chi connectivity index (χ4v) is 1.65. The molecule has 0 aliphatic carbocycles. The largest absolute Gasteiger partial charge is 0.345 e. The molecule has 0 aromatic carbocycles. The van der Waals surface area contributed by atoms with Gasteiger partial charge in [-0.2, -0.15) is 0 Å². The molecule has 1 amide bonds. The molecule has 100 valence electrons. The number of carbonyl (C=O) groups excluding carboxylic acids is 1. The molecule has 1 N–H and O–H groups in total. The summed E-state index contributed by atoms with van der Waals surface area (Å²) in [5.74, 6) is 0.794. The molecular weight excluding hydrogens is 226 g/mol. The molecule has 0 bridgehead atoms. The van der Waals surface area contributed by atoms with Crippen molar-refractivity contribution in [3.8, 4) is 0 Å². The summed E-state index contributed by atoms with van der Waals surface area (Å²) in [5.41, 5.74) is 0. The van der Waals surface area contributed by atoms with Crippen LogP contribution in [0.15, 0.2) is 18.5 Å². The first-order chi connectivity index (χ1) is 8.77. The van der Waals surface area contributed by atoms with Gasteiger partial charge in [0.1, 0.15) is 5.82 Å². The Bertz CT molecular complexity index is 349. The van der Waals surface area contributed by atoms with Gasteiger partial charge in [0.15, 0.2) is 0 Å². The topological polar surface area (TPSA) is 49.0 Å². The molecule has 4 heteroatoms. The van der Waals surface area contributed by atoms with Crippen LogP contribution in [0.25, 0.3) is 6.08 Å². The van der Waals surface area contributed by atoms with Crippen LogP contribution in [-0.4, -0.2) is 33.9 Å². The lowest BCUT2D eigenvalue weighted by Crippen LogP contribution is -2.31. The minimum absolute atomic E-state index is 0.0771. The van der Waals surface area contributed by atoms with Crippen LogP contribution in [0.2, 0.25) is 0 Å². The highest BCUT2D eigenvalue weighted by molar-refractivity contribution is 5.91. The predicted octanol–water partition coefficient (Wildman–Crippen LogP) is 2.85. The van der Waals surface area contributed by atoms with Crippen molar-refractivity contribution in [1.82, 2.24) is 14.9 Å². The van der Waals surface area contributed by atoms with Gasteiger partial charge in [-0.25, -0.2) is 4.98 Å². The molecule has 0 aliphatic rings. The number of unbranched alkanes of at least 4 members (excludes halogenated alkanes) is 2. The molecule has 1 rings (SSSR count). The molecule has 0 atom stereocenters. The van der Waals surface area contributed by atoms with E-state index in [1.165, 1.54) is 0 Å². The summed E-state index contributed by atoms with van der Waals surface area (Å²) < 4.78 is 0. The number of amides is 1. The zero-order chi connectivity index (χ0) is 13.2. The van der Waals surface area contributed by atoms with Crippen molar-refractivity contribution >= 4 is 12.0 Å². The van der Waals surface area contributed by atoms with E-state index in [-0.39, 0.29) is 5.91 Å². The molecular formula is C14H23N3O. The van der Waals surface area contributed by atoms with Gasteiger partial charge in [0.05, 0.1) is 0 Å². The standard InChI is InChI=1S/C14H23N3O/c1-3-5-11-17(12-6-4-2)14(18)8-7-13-15-9-10-16-13/h7-10H,3-6,11-12H2,1-2H3,(H,15,16)/b8-7+. The van der Waals surface area contributed by atoms with E-state index in [9.17, 15) is 4.79 Å². The maximum atomic E-state index is 12.0. The average molecular weight is 249 g/mol. The Kier molecular flexibility index (Phi) is 6.84. The van der Waals surface area contributed by atoms with Crippen molar-refractivity contribution in [3.05, 3.63) is 24.3 Å². The highest BCUT2D eigenvalue weighted by Crippen LogP contribution is 2.02. The summed E-state index contributed by atoms with van der Waals surface area (Å²) in [5, 5.41) is 0. The summed E-state index contributed by atoms with van der Waals surface area (Å²) in [6.07, 6.45) is 11.1. The Morgan fingerprint density at radius 1 is 1.33 bits per heavy atom. The Labute approximate surface area is 109 Å². The molecule has 0 radical (unpaired) electrons. The van der Waals surface area contributed by atoms with E-state index in [4.69, 9.17) is 0 Å². The van der Waals surface area contributed by atoms with Gasteiger partial charge in [0.2, 0.25) is 5.91 Å². The summed E-state index contributed by atoms with van der Waals surface area (Å²) >= 11 is 0. The summed E-state index contributed by atoms with van der Waals surface area (Å²) in [7, 11) is 0. The van der Waals surface area contributed by atoms with E-state index in [2.05, 4.69) is 23.8 Å². The number of hydrogen-bond donors (Lipinski definition) is 1. The molecule has 0 fully saturated rings. The fourth-order valence-electron chi connectivity index (χ4n) is 1.65. The minimum atomic E-state index is 0.0771. The second kappa shape index (κ2) is 8.50. The van der Waals surface area contributed by atoms with E-state index >= 15 is 0 Å². The molecule has 0 aliphatic heterocycles. The quantitative estimate of drug-likeness (QED) is 0.720. The van der Waals surface area contributed by atoms with Crippen LogP contribution in [0.1, 0.15) is 45.4 Å². The number of aromatic amines is 1. The second-order valence-electron chi connectivity index (χ2n) is 4.34. The highest BCUT2D eigenvalue weighted by Gasteiger charge is 2.08. The van der Waals surface area contributed by atoms with Crippen LogP contribution >= 0.6 is 0 Å². The molecule has 1 aromatic rings. The molecule has 1 heterocycles. The fraction of sp³-hybridized carbons (Fsp3) is 0.571. The predicted molar refractivity (Wildman–Crippen MR) is 74.0 cm³/mol. The summed E-state index contributed by atoms with van der Waals surface area (Å²) in [6.45, 7) is 5.97. The number of nitrogens with one attached hydrogen (secondary N) is 1. The first-order valence-electron chi connectivity index (χ1n) is 6.74. The summed E-state index contributed by atoms with van der Waals surface area (Å²) in [4.78, 5) is 21.0. The SMILES string of the molecule is CCCCN(CCCC)C(=O)/C=C/c1ncc[nH]1. The van der Waals surface area contributed by atoms with Crippen molar-refractivity contribution in [3.63, 3.8) is 0 Å². The van der Waals surface area contributed by atoms with E-state index in [0.29, 0.717) is 5.82 Å². The number of nitrogens with zero attached hydrogens (tertiary/aromatic N) is 2. The number of hydrogen-bond acceptors (Lipinski definition) is 2. The lowest BCUT2D eigenvalue weighted by molar-refractivity contribution is -0.126. The van der Waals surface area contributed by atoms with Crippen LogP contribution in [0.3, 0.4) is 0 Å². The smallest absolute Gasteiger partial charge is 0.246 e. The highest BCUT2D eigenvalue weighted by atomic mass is 16.2. The average Bonchev–Trinajstić information content (AvgIpc) is 2.89. The van der Waals surface area contributed by atoms with Gasteiger partial charge < -0.3 is 9.88 Å². The van der Waals surface area contributed by atoms with Crippen LogP contribution in [0.4, 0.5) is 0 Å². The van der Waals surface area contributed by atoms with Crippen molar-refractivity contribution in [2.75, 3.05) is 13.1 Å². The third-order valence-electron chi connectivity index (χ3n) is 2.78. The van der Waals surface area contributed by atoms with Crippen LogP contribution in [-0.2, 0) is 4.79 Å². The minimum Gasteiger partial charge on any atom is -0.345 e. The van der Waals surface area contributed by atoms with Crippen LogP contribution in [0.5, 0.6) is 0 Å². The molecule has 4 nitrogen and oxygen atoms in total. The van der Waals surface area contributed by atoms with Crippen molar-refractivity contribution in [2.45, 2.75) is 39.5 Å². The molecule has 0 saturated heterocycles. The maximum absolute atomic E-state index is 12.0. The first kappa shape index (κ1) is 14.5. The monoisotopic (exact) mass is 249 g/mol. The lowest BCUT2D eigenvalue weighted by Gasteiger charge is -2.20. The lowest BCUT2D eigenvalue weighted by atomic mass is 10.2. The number of H-pyrrole nitrogens is 1. The van der Waals surface area contributed by atoms with E-state index < -0.39 is 0 Å². The zero-order valence-corrected chi connectivity index (χ0v) is 11.4. The van der Waals surface area contributed by atoms with Gasteiger partial charge in [-0.3, -0.25) is 4.79 Å². The number of carbonyl (C=O) groups is 1. The second-order valence-corrected chi connectivity index (χ2v) is 4.34. The Hall–Kier alpha value is -1.58. The molecule has 0 spiro atoms. The van der Waals surface area contributed by atoms with Gasteiger partial charge in [-0.1, -0.05) is 26.7 Å². The van der Waals surface area contributed by atoms with E-state index in [1.807, 2.05) is 4.90 Å². The van der Waals surface area contributed by atoms with Gasteiger partial charge in [0.25, 0.3) is 0 Å². The molecule has 18 heavy (non-hydrogen) atoms. The van der Waals surface area contributed by atoms with Crippen molar-refractivity contribution < 1.29 is 4.79 Å². The Balaban J connectivity index is 2.51. The van der Waals surface area contributed by atoms with Gasteiger partial charge >= 0.3 is 0 Å².